The molecule has 0 bridgehead atoms. The van der Waals surface area contributed by atoms with E-state index in [1.807, 2.05) is 12.2 Å². The second kappa shape index (κ2) is 30.5. The molecule has 6 saturated heterocycles. The van der Waals surface area contributed by atoms with Crippen LogP contribution in [0.3, 0.4) is 0 Å². The van der Waals surface area contributed by atoms with Gasteiger partial charge >= 0.3 is 0 Å². The van der Waals surface area contributed by atoms with E-state index in [1.165, 1.54) is 0 Å². The summed E-state index contributed by atoms with van der Waals surface area (Å²) < 4.78 is 20.6. The third kappa shape index (κ3) is 25.6. The van der Waals surface area contributed by atoms with Crippen molar-refractivity contribution in [3.8, 4) is 0 Å². The summed E-state index contributed by atoms with van der Waals surface area (Å²) in [5.74, 6) is 4.21. The van der Waals surface area contributed by atoms with Gasteiger partial charge in [-0.3, -0.25) is 30.5 Å². The molecule has 566 valence electrons. The molecule has 9 aliphatic heterocycles. The fraction of sp³-hybridized carbons (Fsp3) is 0.880. The highest BCUT2D eigenvalue weighted by Crippen LogP contribution is 2.38. The van der Waals surface area contributed by atoms with Crippen LogP contribution in [0.2, 0.25) is 0 Å². The van der Waals surface area contributed by atoms with Crippen molar-refractivity contribution in [2.75, 3.05) is 26.2 Å². The zero-order valence-electron chi connectivity index (χ0n) is 66.2. The number of hydrazine groups is 5. The maximum atomic E-state index is 7.00. The van der Waals surface area contributed by atoms with E-state index in [9.17, 15) is 0 Å². The van der Waals surface area contributed by atoms with E-state index in [0.717, 1.165) is 159 Å². The van der Waals surface area contributed by atoms with Crippen LogP contribution >= 0.6 is 0 Å². The van der Waals surface area contributed by atoms with Crippen molar-refractivity contribution in [1.29, 1.82) is 0 Å². The molecule has 24 heteroatoms. The predicted octanol–water partition coefficient (Wildman–Crippen LogP) is 11.2. The maximum absolute atomic E-state index is 7.00. The average Bonchev–Trinajstić information content (AvgIpc) is 0.789. The molecule has 24 nitrogen and oxygen atoms in total. The molecule has 0 aromatic carbocycles. The smallest absolute Gasteiger partial charge is 0.239 e. The number of hydrogen-bond acceptors (Lipinski definition) is 22. The summed E-state index contributed by atoms with van der Waals surface area (Å²) in [5, 5.41) is 32.8. The number of ether oxygens (including phenoxy) is 3. The van der Waals surface area contributed by atoms with Crippen LogP contribution in [-0.4, -0.2) is 168 Å². The van der Waals surface area contributed by atoms with Gasteiger partial charge in [0.15, 0.2) is 0 Å². The Morgan fingerprint density at radius 2 is 0.626 bits per heavy atom. The molecular weight excluding hydrogens is 1250 g/mol. The molecule has 0 aliphatic carbocycles. The van der Waals surface area contributed by atoms with E-state index in [0.29, 0.717) is 30.8 Å². The predicted molar refractivity (Wildman–Crippen MR) is 398 cm³/mol. The van der Waals surface area contributed by atoms with E-state index in [2.05, 4.69) is 236 Å². The molecule has 99 heavy (non-hydrogen) atoms. The highest BCUT2D eigenvalue weighted by Gasteiger charge is 2.46. The minimum Gasteiger partial charge on any atom is -0.475 e. The second-order valence-electron chi connectivity index (χ2n) is 39.0. The molecule has 6 fully saturated rings. The zero-order chi connectivity index (χ0) is 72.5. The highest BCUT2D eigenvalue weighted by molar-refractivity contribution is 5.93. The van der Waals surface area contributed by atoms with Gasteiger partial charge in [-0.15, -0.1) is 0 Å². The summed E-state index contributed by atoms with van der Waals surface area (Å²) in [6, 6.07) is 0. The number of aliphatic imine (C=N–C) groups is 2. The molecule has 0 saturated carbocycles. The van der Waals surface area contributed by atoms with Crippen molar-refractivity contribution in [2.45, 2.75) is 398 Å². The van der Waals surface area contributed by atoms with Gasteiger partial charge in [0.2, 0.25) is 17.7 Å². The number of piperidine rings is 6. The van der Waals surface area contributed by atoms with E-state index < -0.39 is 0 Å². The van der Waals surface area contributed by atoms with Gasteiger partial charge in [-0.05, 0) is 230 Å². The number of amidine groups is 2. The summed E-state index contributed by atoms with van der Waals surface area (Å²) in [4.78, 5) is 33.1. The van der Waals surface area contributed by atoms with Crippen molar-refractivity contribution in [2.24, 2.45) is 15.1 Å². The lowest BCUT2D eigenvalue weighted by Crippen LogP contribution is -2.63. The minimum atomic E-state index is -0.117. The molecular formula is C75H140N18O6. The lowest BCUT2D eigenvalue weighted by molar-refractivity contribution is -0.266. The molecule has 0 aromatic rings. The Labute approximate surface area is 598 Å². The monoisotopic (exact) mass is 1390 g/mol. The van der Waals surface area contributed by atoms with E-state index >= 15 is 0 Å². The van der Waals surface area contributed by atoms with Crippen LogP contribution in [-0.2, 0) is 28.7 Å². The second-order valence-corrected chi connectivity index (χ2v) is 39.0. The van der Waals surface area contributed by atoms with Gasteiger partial charge < -0.3 is 51.0 Å². The number of hydrogen-bond donors (Lipinski definition) is 11. The minimum absolute atomic E-state index is 0.0119. The summed E-state index contributed by atoms with van der Waals surface area (Å²) in [6.07, 6.45) is 24.3. The van der Waals surface area contributed by atoms with Crippen LogP contribution in [0.4, 0.5) is 0 Å². The third-order valence-corrected chi connectivity index (χ3v) is 20.2. The first-order valence-electron chi connectivity index (χ1n) is 38.2. The Balaban J connectivity index is 0.875. The Morgan fingerprint density at radius 3 is 0.949 bits per heavy atom. The van der Waals surface area contributed by atoms with Crippen LogP contribution in [0.25, 0.3) is 0 Å². The van der Waals surface area contributed by atoms with Crippen molar-refractivity contribution < 1.29 is 28.7 Å². The van der Waals surface area contributed by atoms with Gasteiger partial charge in [0.1, 0.15) is 35.8 Å². The van der Waals surface area contributed by atoms with E-state index in [1.54, 1.807) is 15.8 Å². The molecule has 0 amide bonds. The molecule has 0 spiro atoms. The average molecular weight is 1390 g/mol. The lowest BCUT2D eigenvalue weighted by Gasteiger charge is -2.47. The standard InChI is InChI=1S/C75H140N18O6/c1-64(2)40-52(41-65(3,4)84-64)94-61-37-58(78-91(81-61)97-55-46-70(13,14)87-71(15,16)47-55)76-33-29-25-27-31-35-90(60-39-63(96-54-44-68(9,10)86-69(11,12)45-54)83-93(80-60)99-57-50-74(21,22)89-75(23,24)51-57)36-32-28-26-30-34-77-59-38-62(95-53-42-66(5,6)85-67(7,8)43-53)82-92(79-59)98-56-48-72(17,18)88-73(19,20)49-56/h37-39,52-57,80-82,84-89H,25-36,40-51H2,1-24H3,(H,76,78)(H,77,79). The molecule has 0 atom stereocenters. The third-order valence-electron chi connectivity index (χ3n) is 20.2. The normalized spacial score (nSPS) is 28.4. The fourth-order valence-electron chi connectivity index (χ4n) is 19.0. The van der Waals surface area contributed by atoms with Gasteiger partial charge in [0.05, 0.1) is 18.3 Å². The zero-order valence-corrected chi connectivity index (χ0v) is 66.2. The first-order valence-corrected chi connectivity index (χ1v) is 38.2. The van der Waals surface area contributed by atoms with Gasteiger partial charge in [0.25, 0.3) is 0 Å². The van der Waals surface area contributed by atoms with Crippen LogP contribution in [0, 0.1) is 0 Å². The largest absolute Gasteiger partial charge is 0.475 e. The number of nitrogens with one attached hydrogen (secondary N) is 11. The number of nitrogens with zero attached hydrogens (tertiary/aromatic N) is 7. The molecule has 0 aromatic heterocycles. The van der Waals surface area contributed by atoms with Crippen LogP contribution < -0.4 is 59.0 Å². The van der Waals surface area contributed by atoms with Gasteiger partial charge in [0, 0.05) is 160 Å². The van der Waals surface area contributed by atoms with Crippen LogP contribution in [0.5, 0.6) is 0 Å². The Hall–Kier alpha value is -4.21. The Bertz CT molecular complexity index is 2680. The highest BCUT2D eigenvalue weighted by atomic mass is 16.8. The van der Waals surface area contributed by atoms with Gasteiger partial charge in [-0.25, -0.2) is 21.1 Å². The van der Waals surface area contributed by atoms with Crippen molar-refractivity contribution >= 4 is 17.6 Å². The Kier molecular flexibility index (Phi) is 24.3. The Morgan fingerprint density at radius 1 is 0.343 bits per heavy atom. The number of rotatable bonds is 26. The number of hydrazone groups is 1. The SMILES string of the molecule is CC1(C)CC(OC2=CC(=NCCCCCCN(CCCCCCN=C3C=C(OC4CC(C)(C)NC(C)(C)C4)NN(OC4CC(C)(C)NC(C)(C)C4)N3)C3=CC(OC4CC(C)(C)NC(C)(C)C4)=NN(OC4CC(C)(C)NC(C)(C)C4)N3)NN(OC3CC(C)(C)NC(C)(C)C3)N2)CC(C)(C)N1. The summed E-state index contributed by atoms with van der Waals surface area (Å²) in [6.45, 7) is 57.1. The topological polar surface area (TPSA) is 238 Å². The van der Waals surface area contributed by atoms with Crippen molar-refractivity contribution in [3.05, 3.63) is 35.8 Å². The fourth-order valence-corrected chi connectivity index (χ4v) is 19.0. The molecule has 0 unspecified atom stereocenters. The van der Waals surface area contributed by atoms with E-state index in [4.69, 9.17) is 43.8 Å². The molecule has 9 rings (SSSR count). The molecule has 11 N–H and O–H groups in total. The van der Waals surface area contributed by atoms with E-state index in [-0.39, 0.29) is 103 Å². The van der Waals surface area contributed by atoms with Crippen molar-refractivity contribution in [3.63, 3.8) is 0 Å². The maximum Gasteiger partial charge on any atom is 0.239 e. The number of unbranched alkanes of at least 4 members (excludes halogenated alkanes) is 6. The summed E-state index contributed by atoms with van der Waals surface area (Å²) >= 11 is 0. The van der Waals surface area contributed by atoms with Gasteiger partial charge in [-0.1, -0.05) is 36.1 Å². The molecule has 0 radical (unpaired) electrons. The van der Waals surface area contributed by atoms with Crippen molar-refractivity contribution in [1.82, 2.24) is 79.8 Å². The van der Waals surface area contributed by atoms with Gasteiger partial charge in [-0.2, -0.15) is 0 Å². The lowest BCUT2D eigenvalue weighted by atomic mass is 9.81. The quantitative estimate of drug-likeness (QED) is 0.0361. The first kappa shape index (κ1) is 78.9. The summed E-state index contributed by atoms with van der Waals surface area (Å²) in [7, 11) is 0. The first-order chi connectivity index (χ1) is 45.6. The summed E-state index contributed by atoms with van der Waals surface area (Å²) in [5.41, 5.74) is 16.3. The molecule has 9 heterocycles. The van der Waals surface area contributed by atoms with Crippen LogP contribution in [0.15, 0.2) is 50.9 Å². The molecule has 9 aliphatic rings. The van der Waals surface area contributed by atoms with Crippen LogP contribution in [0.1, 0.15) is 295 Å².